The van der Waals surface area contributed by atoms with E-state index in [0.29, 0.717) is 11.2 Å². The van der Waals surface area contributed by atoms with Crippen LogP contribution >= 0.6 is 11.3 Å². The fraction of sp³-hybridized carbons (Fsp3) is 0.409. The van der Waals surface area contributed by atoms with Gasteiger partial charge < -0.3 is 25.6 Å². The third kappa shape index (κ3) is 4.74. The number of nitrogens with one attached hydrogen (secondary N) is 2. The minimum absolute atomic E-state index is 0.0908. The Morgan fingerprint density at radius 2 is 1.90 bits per heavy atom. The summed E-state index contributed by atoms with van der Waals surface area (Å²) in [5, 5.41) is 34.1. The first kappa shape index (κ1) is 21.0. The van der Waals surface area contributed by atoms with Crippen LogP contribution in [-0.2, 0) is 18.8 Å². The molecule has 3 aromatic rings. The Bertz CT molecular complexity index is 1070. The first-order chi connectivity index (χ1) is 14.4. The van der Waals surface area contributed by atoms with Gasteiger partial charge in [-0.3, -0.25) is 9.69 Å². The molecule has 0 saturated carbocycles. The number of hydrogen-bond acceptors (Lipinski definition) is 7. The molecule has 1 aliphatic heterocycles. The summed E-state index contributed by atoms with van der Waals surface area (Å²) in [5.41, 5.74) is 2.93. The Morgan fingerprint density at radius 3 is 2.70 bits per heavy atom. The van der Waals surface area contributed by atoms with Gasteiger partial charge in [-0.05, 0) is 62.2 Å². The van der Waals surface area contributed by atoms with Crippen molar-refractivity contribution in [1.29, 1.82) is 0 Å². The number of nitrogens with zero attached hydrogens (tertiary/aromatic N) is 1. The van der Waals surface area contributed by atoms with Gasteiger partial charge in [-0.1, -0.05) is 35.6 Å². The van der Waals surface area contributed by atoms with Crippen molar-refractivity contribution in [2.45, 2.75) is 31.6 Å². The van der Waals surface area contributed by atoms with Crippen molar-refractivity contribution in [3.05, 3.63) is 62.8 Å². The van der Waals surface area contributed by atoms with Gasteiger partial charge in [0, 0.05) is 12.1 Å². The SMILES string of the molecule is O=c1[nH]c2c(O)ccc(C(O)(O)CNCCc3cccc(CN4CCCC4)c3)c2s1. The molecule has 1 fully saturated rings. The van der Waals surface area contributed by atoms with Gasteiger partial charge in [0.15, 0.2) is 0 Å². The zero-order valence-corrected chi connectivity index (χ0v) is 17.5. The van der Waals surface area contributed by atoms with Gasteiger partial charge in [0.25, 0.3) is 0 Å². The van der Waals surface area contributed by atoms with Crippen LogP contribution < -0.4 is 10.2 Å². The zero-order valence-electron chi connectivity index (χ0n) is 16.7. The van der Waals surface area contributed by atoms with Crippen molar-refractivity contribution in [3.63, 3.8) is 0 Å². The van der Waals surface area contributed by atoms with Crippen LogP contribution in [0.25, 0.3) is 10.2 Å². The fourth-order valence-corrected chi connectivity index (χ4v) is 4.95. The lowest BCUT2D eigenvalue weighted by atomic mass is 10.0. The molecule has 7 nitrogen and oxygen atoms in total. The van der Waals surface area contributed by atoms with E-state index in [1.807, 2.05) is 0 Å². The average Bonchev–Trinajstić information content (AvgIpc) is 3.35. The summed E-state index contributed by atoms with van der Waals surface area (Å²) < 4.78 is 0.349. The number of phenols is 1. The van der Waals surface area contributed by atoms with Crippen molar-refractivity contribution in [2.24, 2.45) is 0 Å². The van der Waals surface area contributed by atoms with E-state index in [1.165, 1.54) is 49.2 Å². The number of rotatable bonds is 8. The molecule has 0 radical (unpaired) electrons. The normalized spacial score (nSPS) is 15.3. The number of aromatic nitrogens is 1. The quantitative estimate of drug-likeness (QED) is 0.276. The van der Waals surface area contributed by atoms with Gasteiger partial charge in [-0.2, -0.15) is 0 Å². The van der Waals surface area contributed by atoms with Crippen molar-refractivity contribution >= 4 is 21.6 Å². The number of hydrogen-bond donors (Lipinski definition) is 5. The molecule has 0 spiro atoms. The van der Waals surface area contributed by atoms with E-state index in [9.17, 15) is 20.1 Å². The Balaban J connectivity index is 1.35. The molecule has 1 aliphatic rings. The molecular weight excluding hydrogens is 402 g/mol. The molecule has 4 rings (SSSR count). The lowest BCUT2D eigenvalue weighted by Crippen LogP contribution is -2.38. The number of aromatic hydroxyl groups is 1. The number of aromatic amines is 1. The van der Waals surface area contributed by atoms with Crippen LogP contribution in [0.3, 0.4) is 0 Å². The van der Waals surface area contributed by atoms with Crippen molar-refractivity contribution < 1.29 is 15.3 Å². The first-order valence-electron chi connectivity index (χ1n) is 10.2. The monoisotopic (exact) mass is 429 g/mol. The van der Waals surface area contributed by atoms with Crippen LogP contribution in [0.5, 0.6) is 5.75 Å². The lowest BCUT2D eigenvalue weighted by Gasteiger charge is -2.23. The summed E-state index contributed by atoms with van der Waals surface area (Å²) in [7, 11) is 0. The molecule has 0 amide bonds. The molecule has 30 heavy (non-hydrogen) atoms. The van der Waals surface area contributed by atoms with Crippen LogP contribution in [0.1, 0.15) is 29.5 Å². The molecule has 2 heterocycles. The highest BCUT2D eigenvalue weighted by Crippen LogP contribution is 2.32. The summed E-state index contributed by atoms with van der Waals surface area (Å²) in [5.74, 6) is -2.25. The molecule has 0 bridgehead atoms. The number of aliphatic hydroxyl groups is 2. The number of likely N-dealkylation sites (tertiary alicyclic amines) is 1. The lowest BCUT2D eigenvalue weighted by molar-refractivity contribution is -0.164. The average molecular weight is 430 g/mol. The summed E-state index contributed by atoms with van der Waals surface area (Å²) in [6.07, 6.45) is 3.33. The number of thiazole rings is 1. The fourth-order valence-electron chi connectivity index (χ4n) is 4.01. The van der Waals surface area contributed by atoms with E-state index in [4.69, 9.17) is 0 Å². The highest BCUT2D eigenvalue weighted by molar-refractivity contribution is 7.16. The Morgan fingerprint density at radius 1 is 1.13 bits per heavy atom. The molecule has 0 atom stereocenters. The predicted octanol–water partition coefficient (Wildman–Crippen LogP) is 1.86. The number of H-pyrrole nitrogens is 1. The maximum Gasteiger partial charge on any atom is 0.305 e. The van der Waals surface area contributed by atoms with Crippen LogP contribution in [-0.4, -0.2) is 51.4 Å². The number of phenolic OH excluding ortho intramolecular Hbond substituents is 1. The van der Waals surface area contributed by atoms with Gasteiger partial charge in [-0.25, -0.2) is 0 Å². The Hall–Kier alpha value is -2.23. The van der Waals surface area contributed by atoms with Crippen molar-refractivity contribution in [1.82, 2.24) is 15.2 Å². The number of fused-ring (bicyclic) bond motifs is 1. The highest BCUT2D eigenvalue weighted by Gasteiger charge is 2.29. The summed E-state index contributed by atoms with van der Waals surface area (Å²) in [6.45, 7) is 3.81. The predicted molar refractivity (Wildman–Crippen MR) is 118 cm³/mol. The maximum absolute atomic E-state index is 11.6. The summed E-state index contributed by atoms with van der Waals surface area (Å²) >= 11 is 0.847. The second kappa shape index (κ2) is 8.87. The van der Waals surface area contributed by atoms with Crippen LogP contribution in [0.15, 0.2) is 41.2 Å². The van der Waals surface area contributed by atoms with E-state index < -0.39 is 5.79 Å². The second-order valence-electron chi connectivity index (χ2n) is 7.90. The van der Waals surface area contributed by atoms with Crippen LogP contribution in [0, 0.1) is 0 Å². The third-order valence-electron chi connectivity index (χ3n) is 5.55. The largest absolute Gasteiger partial charge is 0.506 e. The van der Waals surface area contributed by atoms with E-state index in [1.54, 1.807) is 0 Å². The minimum Gasteiger partial charge on any atom is -0.506 e. The molecule has 8 heteroatoms. The molecule has 160 valence electrons. The molecule has 0 unspecified atom stereocenters. The third-order valence-corrected chi connectivity index (χ3v) is 6.46. The van der Waals surface area contributed by atoms with E-state index in [0.717, 1.165) is 24.3 Å². The molecule has 2 aromatic carbocycles. The minimum atomic E-state index is -2.16. The van der Waals surface area contributed by atoms with Gasteiger partial charge in [-0.15, -0.1) is 0 Å². The van der Waals surface area contributed by atoms with E-state index in [2.05, 4.69) is 39.5 Å². The summed E-state index contributed by atoms with van der Waals surface area (Å²) in [6, 6.07) is 11.3. The van der Waals surface area contributed by atoms with Crippen LogP contribution in [0.4, 0.5) is 0 Å². The highest BCUT2D eigenvalue weighted by atomic mass is 32.1. The van der Waals surface area contributed by atoms with E-state index >= 15 is 0 Å². The Kier molecular flexibility index (Phi) is 6.21. The van der Waals surface area contributed by atoms with Crippen LogP contribution in [0.2, 0.25) is 0 Å². The van der Waals surface area contributed by atoms with Gasteiger partial charge >= 0.3 is 4.87 Å². The smallest absolute Gasteiger partial charge is 0.305 e. The maximum atomic E-state index is 11.6. The van der Waals surface area contributed by atoms with Gasteiger partial charge in [0.05, 0.1) is 11.2 Å². The molecule has 0 aliphatic carbocycles. The standard InChI is InChI=1S/C22H27N3O4S/c26-18-7-6-17(20-19(18)24-21(27)30-20)22(28,29)14-23-9-8-15-4-3-5-16(12-15)13-25-10-1-2-11-25/h3-7,12,23,26,28-29H,1-2,8-11,13-14H2,(H,24,27). The topological polar surface area (TPSA) is 109 Å². The number of benzene rings is 2. The van der Waals surface area contributed by atoms with E-state index in [-0.39, 0.29) is 28.2 Å². The zero-order chi connectivity index (χ0) is 21.1. The van der Waals surface area contributed by atoms with Crippen molar-refractivity contribution in [2.75, 3.05) is 26.2 Å². The van der Waals surface area contributed by atoms with Gasteiger partial charge in [0.1, 0.15) is 11.3 Å². The first-order valence-corrected chi connectivity index (χ1v) is 11.0. The van der Waals surface area contributed by atoms with Crippen molar-refractivity contribution in [3.8, 4) is 5.75 Å². The molecule has 1 aromatic heterocycles. The molecule has 5 N–H and O–H groups in total. The Labute approximate surface area is 178 Å². The second-order valence-corrected chi connectivity index (χ2v) is 8.88. The molecular formula is C22H27N3O4S. The van der Waals surface area contributed by atoms with Gasteiger partial charge in [0.2, 0.25) is 5.79 Å². The summed E-state index contributed by atoms with van der Waals surface area (Å²) in [4.78, 5) is 16.3. The molecule has 1 saturated heterocycles.